The van der Waals surface area contributed by atoms with Gasteiger partial charge in [-0.05, 0) is 29.7 Å². The van der Waals surface area contributed by atoms with Crippen molar-refractivity contribution in [1.29, 1.82) is 0 Å². The van der Waals surface area contributed by atoms with Crippen LogP contribution < -0.4 is 15.1 Å². The smallest absolute Gasteiger partial charge is 0.155 e. The van der Waals surface area contributed by atoms with Crippen LogP contribution in [0.25, 0.3) is 0 Å². The summed E-state index contributed by atoms with van der Waals surface area (Å²) in [5.41, 5.74) is 7.25. The molecule has 0 saturated heterocycles. The number of aryl methyl sites for hydroxylation is 1. The number of rotatable bonds is 7. The van der Waals surface area contributed by atoms with Crippen molar-refractivity contribution < 1.29 is 0 Å². The fourth-order valence-electron chi connectivity index (χ4n) is 4.31. The third kappa shape index (κ3) is 4.45. The van der Waals surface area contributed by atoms with Gasteiger partial charge in [0.15, 0.2) is 5.82 Å². The average molecular weight is 421 g/mol. The zero-order valence-electron chi connectivity index (χ0n) is 18.4. The molecule has 0 fully saturated rings. The van der Waals surface area contributed by atoms with Gasteiger partial charge >= 0.3 is 0 Å². The first kappa shape index (κ1) is 20.1. The van der Waals surface area contributed by atoms with Crippen LogP contribution in [0.1, 0.15) is 22.4 Å². The van der Waals surface area contributed by atoms with Gasteiger partial charge in [0.2, 0.25) is 0 Å². The Morgan fingerprint density at radius 2 is 1.31 bits per heavy atom. The van der Waals surface area contributed by atoms with Crippen LogP contribution in [-0.2, 0) is 19.6 Å². The van der Waals surface area contributed by atoms with Crippen LogP contribution in [-0.4, -0.2) is 11.7 Å². The van der Waals surface area contributed by atoms with Crippen LogP contribution in [0, 0.1) is 6.92 Å². The van der Waals surface area contributed by atoms with Crippen molar-refractivity contribution in [3.05, 3.63) is 119 Å². The second-order valence-electron chi connectivity index (χ2n) is 8.33. The van der Waals surface area contributed by atoms with Crippen LogP contribution in [0.5, 0.6) is 0 Å². The predicted octanol–water partition coefficient (Wildman–Crippen LogP) is 5.99. The number of aromatic nitrogens is 1. The molecule has 0 amide bonds. The Labute approximate surface area is 190 Å². The molecular formula is C28H28N4. The van der Waals surface area contributed by atoms with Crippen molar-refractivity contribution in [1.82, 2.24) is 4.98 Å². The van der Waals surface area contributed by atoms with E-state index in [9.17, 15) is 0 Å². The molecule has 2 heterocycles. The molecule has 3 aromatic carbocycles. The first-order chi connectivity index (χ1) is 15.8. The van der Waals surface area contributed by atoms with Crippen molar-refractivity contribution in [3.63, 3.8) is 0 Å². The number of pyridine rings is 1. The monoisotopic (exact) mass is 420 g/mol. The molecule has 0 atom stereocenters. The van der Waals surface area contributed by atoms with E-state index >= 15 is 0 Å². The number of nitrogens with one attached hydrogen (secondary N) is 1. The lowest BCUT2D eigenvalue weighted by molar-refractivity contribution is 0.783. The molecular weight excluding hydrogens is 392 g/mol. The van der Waals surface area contributed by atoms with E-state index in [-0.39, 0.29) is 0 Å². The number of benzene rings is 3. The fraction of sp³-hybridized carbons (Fsp3) is 0.179. The summed E-state index contributed by atoms with van der Waals surface area (Å²) in [5, 5.41) is 3.64. The van der Waals surface area contributed by atoms with E-state index in [0.29, 0.717) is 0 Å². The Morgan fingerprint density at radius 3 is 1.88 bits per heavy atom. The van der Waals surface area contributed by atoms with Gasteiger partial charge in [0.05, 0.1) is 12.4 Å². The van der Waals surface area contributed by atoms with Gasteiger partial charge in [0.1, 0.15) is 5.69 Å². The molecule has 0 spiro atoms. The molecule has 0 radical (unpaired) electrons. The zero-order chi connectivity index (χ0) is 21.8. The first-order valence-electron chi connectivity index (χ1n) is 11.1. The van der Waals surface area contributed by atoms with E-state index in [1.807, 2.05) is 0 Å². The summed E-state index contributed by atoms with van der Waals surface area (Å²) in [6.45, 7) is 5.36. The molecule has 4 aromatic rings. The van der Waals surface area contributed by atoms with Gasteiger partial charge in [-0.25, -0.2) is 4.98 Å². The summed E-state index contributed by atoms with van der Waals surface area (Å²) in [5.74, 6) is 1.02. The average Bonchev–Trinajstić information content (AvgIpc) is 3.22. The molecule has 4 heteroatoms. The highest BCUT2D eigenvalue weighted by atomic mass is 15.3. The van der Waals surface area contributed by atoms with Gasteiger partial charge in [-0.1, -0.05) is 91.0 Å². The first-order valence-corrected chi connectivity index (χ1v) is 11.1. The maximum atomic E-state index is 5.02. The van der Waals surface area contributed by atoms with Crippen LogP contribution in [0.2, 0.25) is 0 Å². The number of hydrogen-bond acceptors (Lipinski definition) is 4. The molecule has 5 rings (SSSR count). The Kier molecular flexibility index (Phi) is 5.75. The number of fused-ring (bicyclic) bond motifs is 1. The summed E-state index contributed by atoms with van der Waals surface area (Å²) >= 11 is 0. The summed E-state index contributed by atoms with van der Waals surface area (Å²) in [6, 6.07) is 34.1. The van der Waals surface area contributed by atoms with Gasteiger partial charge in [-0.2, -0.15) is 0 Å². The molecule has 1 aliphatic heterocycles. The van der Waals surface area contributed by atoms with Crippen molar-refractivity contribution in [2.45, 2.75) is 26.6 Å². The van der Waals surface area contributed by atoms with Gasteiger partial charge < -0.3 is 15.1 Å². The standard InChI is InChI=1S/C28H28N4/c1-22-17-26-27(29-21-32(26)20-25-15-9-4-10-16-25)28(30-22)31(18-23-11-5-2-6-12-23)19-24-13-7-3-8-14-24/h2-17,29H,18-21H2,1H3. The van der Waals surface area contributed by atoms with E-state index < -0.39 is 0 Å². The highest BCUT2D eigenvalue weighted by Crippen LogP contribution is 2.40. The van der Waals surface area contributed by atoms with Crippen LogP contribution in [0.3, 0.4) is 0 Å². The third-order valence-electron chi connectivity index (χ3n) is 5.84. The molecule has 0 unspecified atom stereocenters. The maximum absolute atomic E-state index is 5.02. The largest absolute Gasteiger partial charge is 0.363 e. The van der Waals surface area contributed by atoms with Crippen molar-refractivity contribution >= 4 is 17.2 Å². The number of hydrogen-bond donors (Lipinski definition) is 1. The lowest BCUT2D eigenvalue weighted by Crippen LogP contribution is -2.24. The number of anilines is 3. The molecule has 0 bridgehead atoms. The second kappa shape index (κ2) is 9.15. The lowest BCUT2D eigenvalue weighted by Gasteiger charge is -2.27. The van der Waals surface area contributed by atoms with Crippen molar-refractivity contribution in [3.8, 4) is 0 Å². The summed E-state index contributed by atoms with van der Waals surface area (Å²) < 4.78 is 0. The van der Waals surface area contributed by atoms with Gasteiger partial charge in [-0.15, -0.1) is 0 Å². The quantitative estimate of drug-likeness (QED) is 0.398. The Hall–Kier alpha value is -3.79. The minimum atomic E-state index is 0.785. The zero-order valence-corrected chi connectivity index (χ0v) is 18.4. The molecule has 1 N–H and O–H groups in total. The van der Waals surface area contributed by atoms with Gasteiger partial charge in [0.25, 0.3) is 0 Å². The second-order valence-corrected chi connectivity index (χ2v) is 8.33. The molecule has 1 aliphatic rings. The minimum absolute atomic E-state index is 0.785. The van der Waals surface area contributed by atoms with E-state index in [2.05, 4.69) is 119 Å². The Balaban J connectivity index is 1.50. The van der Waals surface area contributed by atoms with Crippen LogP contribution in [0.4, 0.5) is 17.2 Å². The SMILES string of the molecule is Cc1cc2c(c(N(Cc3ccccc3)Cc3ccccc3)n1)NCN2Cc1ccccc1. The topological polar surface area (TPSA) is 31.4 Å². The van der Waals surface area contributed by atoms with Gasteiger partial charge in [-0.3, -0.25) is 0 Å². The minimum Gasteiger partial charge on any atom is -0.363 e. The molecule has 160 valence electrons. The number of nitrogens with zero attached hydrogens (tertiary/aromatic N) is 3. The summed E-state index contributed by atoms with van der Waals surface area (Å²) in [4.78, 5) is 9.80. The Morgan fingerprint density at radius 1 is 0.781 bits per heavy atom. The molecule has 32 heavy (non-hydrogen) atoms. The van der Waals surface area contributed by atoms with Crippen molar-refractivity contribution in [2.24, 2.45) is 0 Å². The van der Waals surface area contributed by atoms with Crippen LogP contribution in [0.15, 0.2) is 97.1 Å². The van der Waals surface area contributed by atoms with Crippen molar-refractivity contribution in [2.75, 3.05) is 21.8 Å². The highest BCUT2D eigenvalue weighted by molar-refractivity contribution is 5.85. The fourth-order valence-corrected chi connectivity index (χ4v) is 4.31. The molecule has 0 aliphatic carbocycles. The van der Waals surface area contributed by atoms with E-state index in [0.717, 1.165) is 43.5 Å². The predicted molar refractivity (Wildman–Crippen MR) is 133 cm³/mol. The summed E-state index contributed by atoms with van der Waals surface area (Å²) in [6.07, 6.45) is 0. The maximum Gasteiger partial charge on any atom is 0.155 e. The normalized spacial score (nSPS) is 12.3. The van der Waals surface area contributed by atoms with E-state index in [1.165, 1.54) is 22.4 Å². The van der Waals surface area contributed by atoms with E-state index in [1.54, 1.807) is 0 Å². The third-order valence-corrected chi connectivity index (χ3v) is 5.84. The molecule has 4 nitrogen and oxygen atoms in total. The highest BCUT2D eigenvalue weighted by Gasteiger charge is 2.26. The molecule has 1 aromatic heterocycles. The lowest BCUT2D eigenvalue weighted by atomic mass is 10.1. The summed E-state index contributed by atoms with van der Waals surface area (Å²) in [7, 11) is 0. The van der Waals surface area contributed by atoms with Crippen LogP contribution >= 0.6 is 0 Å². The molecule has 0 saturated carbocycles. The van der Waals surface area contributed by atoms with Gasteiger partial charge in [0, 0.05) is 25.3 Å². The Bertz CT molecular complexity index is 1120. The van der Waals surface area contributed by atoms with E-state index in [4.69, 9.17) is 4.98 Å².